The van der Waals surface area contributed by atoms with E-state index in [0.29, 0.717) is 0 Å². The monoisotopic (exact) mass is 827 g/mol. The molecule has 0 fully saturated rings. The lowest BCUT2D eigenvalue weighted by atomic mass is 9.70. The second-order valence-electron chi connectivity index (χ2n) is 18.4. The molecule has 0 unspecified atom stereocenters. The Morgan fingerprint density at radius 1 is 0.246 bits per heavy atom. The van der Waals surface area contributed by atoms with Crippen molar-refractivity contribution in [3.05, 3.63) is 270 Å². The number of anilines is 3. The number of benzene rings is 10. The van der Waals surface area contributed by atoms with Crippen LogP contribution in [0, 0.1) is 0 Å². The van der Waals surface area contributed by atoms with Gasteiger partial charge < -0.3 is 4.90 Å². The second kappa shape index (κ2) is 14.3. The molecule has 65 heavy (non-hydrogen) atoms. The van der Waals surface area contributed by atoms with Crippen LogP contribution >= 0.6 is 0 Å². The Morgan fingerprint density at radius 3 is 1.23 bits per heavy atom. The van der Waals surface area contributed by atoms with E-state index in [2.05, 4.69) is 255 Å². The molecule has 1 heteroatoms. The summed E-state index contributed by atoms with van der Waals surface area (Å²) in [6, 6.07) is 88.2. The van der Waals surface area contributed by atoms with Crippen LogP contribution in [0.3, 0.4) is 0 Å². The van der Waals surface area contributed by atoms with E-state index in [9.17, 15) is 0 Å². The van der Waals surface area contributed by atoms with Crippen LogP contribution in [0.1, 0.15) is 47.2 Å². The van der Waals surface area contributed by atoms with Gasteiger partial charge in [-0.05, 0) is 143 Å². The number of hydrogen-bond donors (Lipinski definition) is 0. The van der Waals surface area contributed by atoms with Gasteiger partial charge in [0.1, 0.15) is 0 Å². The van der Waals surface area contributed by atoms with Crippen molar-refractivity contribution in [2.24, 2.45) is 0 Å². The highest BCUT2D eigenvalue weighted by Crippen LogP contribution is 2.63. The van der Waals surface area contributed by atoms with Crippen LogP contribution in [0.25, 0.3) is 66.8 Å². The molecule has 0 aliphatic heterocycles. The highest BCUT2D eigenvalue weighted by molar-refractivity contribution is 5.96. The fraction of sp³-hybridized carbons (Fsp3) is 0.0625. The van der Waals surface area contributed by atoms with Crippen LogP contribution in [-0.4, -0.2) is 0 Å². The molecule has 10 aromatic rings. The third kappa shape index (κ3) is 5.52. The summed E-state index contributed by atoms with van der Waals surface area (Å²) >= 11 is 0. The van der Waals surface area contributed by atoms with E-state index in [1.54, 1.807) is 0 Å². The van der Waals surface area contributed by atoms with Crippen molar-refractivity contribution >= 4 is 17.1 Å². The van der Waals surface area contributed by atoms with Crippen LogP contribution in [0.4, 0.5) is 17.1 Å². The Labute approximate surface area is 381 Å². The van der Waals surface area contributed by atoms with Crippen LogP contribution in [0.2, 0.25) is 0 Å². The molecule has 3 aliphatic rings. The Bertz CT molecular complexity index is 3440. The molecule has 0 saturated carbocycles. The van der Waals surface area contributed by atoms with Gasteiger partial charge in [-0.2, -0.15) is 0 Å². The van der Waals surface area contributed by atoms with E-state index < -0.39 is 5.41 Å². The Hall–Kier alpha value is -8.00. The predicted molar refractivity (Wildman–Crippen MR) is 271 cm³/mol. The molecule has 0 aromatic heterocycles. The summed E-state index contributed by atoms with van der Waals surface area (Å²) in [5.74, 6) is 0. The van der Waals surface area contributed by atoms with Gasteiger partial charge in [0, 0.05) is 22.5 Å². The minimum atomic E-state index is -0.437. The van der Waals surface area contributed by atoms with Crippen LogP contribution in [0.5, 0.6) is 0 Å². The van der Waals surface area contributed by atoms with Gasteiger partial charge in [-0.3, -0.25) is 0 Å². The molecular weight excluding hydrogens is 783 g/mol. The number of hydrogen-bond acceptors (Lipinski definition) is 1. The lowest BCUT2D eigenvalue weighted by Gasteiger charge is -2.32. The molecule has 3 aliphatic carbocycles. The van der Waals surface area contributed by atoms with Gasteiger partial charge in [0.25, 0.3) is 0 Å². The maximum Gasteiger partial charge on any atom is 0.0726 e. The fourth-order valence-corrected chi connectivity index (χ4v) is 11.7. The maximum absolute atomic E-state index is 2.49. The molecule has 1 spiro atoms. The van der Waals surface area contributed by atoms with Gasteiger partial charge in [-0.25, -0.2) is 0 Å². The van der Waals surface area contributed by atoms with E-state index in [4.69, 9.17) is 0 Å². The molecule has 1 nitrogen and oxygen atoms in total. The van der Waals surface area contributed by atoms with Crippen LogP contribution in [-0.2, 0) is 10.8 Å². The van der Waals surface area contributed by atoms with Crippen molar-refractivity contribution in [3.63, 3.8) is 0 Å². The van der Waals surface area contributed by atoms with Crippen molar-refractivity contribution in [1.29, 1.82) is 0 Å². The van der Waals surface area contributed by atoms with Gasteiger partial charge in [-0.1, -0.05) is 208 Å². The maximum atomic E-state index is 2.49. The average molecular weight is 828 g/mol. The lowest BCUT2D eigenvalue weighted by Crippen LogP contribution is -2.26. The van der Waals surface area contributed by atoms with Gasteiger partial charge in [0.05, 0.1) is 5.41 Å². The highest BCUT2D eigenvalue weighted by Gasteiger charge is 2.51. The van der Waals surface area contributed by atoms with Crippen molar-refractivity contribution < 1.29 is 0 Å². The zero-order chi connectivity index (χ0) is 43.3. The summed E-state index contributed by atoms with van der Waals surface area (Å²) < 4.78 is 0. The minimum Gasteiger partial charge on any atom is -0.310 e. The summed E-state index contributed by atoms with van der Waals surface area (Å²) in [7, 11) is 0. The molecule has 0 radical (unpaired) electrons. The first-order valence-corrected chi connectivity index (χ1v) is 22.8. The zero-order valence-corrected chi connectivity index (χ0v) is 36.5. The normalized spacial score (nSPS) is 13.9. The summed E-state index contributed by atoms with van der Waals surface area (Å²) in [5, 5.41) is 0. The molecule has 0 atom stereocenters. The number of rotatable bonds is 6. The topological polar surface area (TPSA) is 3.24 Å². The fourth-order valence-electron chi connectivity index (χ4n) is 11.7. The molecule has 306 valence electrons. The quantitative estimate of drug-likeness (QED) is 0.161. The van der Waals surface area contributed by atoms with Crippen molar-refractivity contribution in [1.82, 2.24) is 0 Å². The Kier molecular flexibility index (Phi) is 8.24. The first-order valence-electron chi connectivity index (χ1n) is 22.8. The average Bonchev–Trinajstić information content (AvgIpc) is 3.93. The minimum absolute atomic E-state index is 0.0787. The molecule has 0 amide bonds. The summed E-state index contributed by atoms with van der Waals surface area (Å²) in [6.07, 6.45) is 0. The van der Waals surface area contributed by atoms with E-state index in [1.165, 1.54) is 100 Å². The second-order valence-corrected chi connectivity index (χ2v) is 18.4. The smallest absolute Gasteiger partial charge is 0.0726 e. The van der Waals surface area contributed by atoms with Crippen molar-refractivity contribution in [2.75, 3.05) is 4.90 Å². The largest absolute Gasteiger partial charge is 0.310 e. The molecule has 0 bridgehead atoms. The van der Waals surface area contributed by atoms with E-state index in [1.807, 2.05) is 0 Å². The molecule has 0 saturated heterocycles. The third-order valence-corrected chi connectivity index (χ3v) is 14.7. The van der Waals surface area contributed by atoms with Gasteiger partial charge in [0.2, 0.25) is 0 Å². The molecule has 0 N–H and O–H groups in total. The summed E-state index contributed by atoms with van der Waals surface area (Å²) in [6.45, 7) is 4.72. The SMILES string of the molecule is CC1(C)c2ccccc2-c2ccc(-c3cccc(N(c4ccc(-c5ccc(-c6ccccc6)cc5)cc4)c4ccc5c(c4)C4(c6ccccc6-c6ccccc64)c4ccccc4-5)c3)cc21. The van der Waals surface area contributed by atoms with Crippen molar-refractivity contribution in [3.8, 4) is 66.8 Å². The zero-order valence-electron chi connectivity index (χ0n) is 36.5. The van der Waals surface area contributed by atoms with Crippen molar-refractivity contribution in [2.45, 2.75) is 24.7 Å². The van der Waals surface area contributed by atoms with Gasteiger partial charge >= 0.3 is 0 Å². The molecule has 10 aromatic carbocycles. The standard InChI is InChI=1S/C64H45N/c1-63(2)57-23-10-6-19-51(57)55-37-33-47(40-61(55)63)46-17-14-18-49(39-46)65(48-34-31-45(32-35-48)44-29-27-43(28-30-44)42-15-4-3-5-16-42)50-36-38-56-54-22-9-13-26-60(54)64(62(56)41-50)58-24-11-7-20-52(58)53-21-8-12-25-59(53)64/h3-41H,1-2H3. The summed E-state index contributed by atoms with van der Waals surface area (Å²) in [4.78, 5) is 2.46. The Morgan fingerprint density at radius 2 is 0.631 bits per heavy atom. The molecule has 0 heterocycles. The third-order valence-electron chi connectivity index (χ3n) is 14.7. The van der Waals surface area contributed by atoms with Crippen LogP contribution in [0.15, 0.2) is 237 Å². The number of fused-ring (bicyclic) bond motifs is 13. The Balaban J connectivity index is 0.971. The molecular formula is C64H45N. The first kappa shape index (κ1) is 37.5. The van der Waals surface area contributed by atoms with E-state index in [0.717, 1.165) is 17.1 Å². The van der Waals surface area contributed by atoms with Gasteiger partial charge in [-0.15, -0.1) is 0 Å². The molecule has 13 rings (SSSR count). The lowest BCUT2D eigenvalue weighted by molar-refractivity contribution is 0.660. The summed E-state index contributed by atoms with van der Waals surface area (Å²) in [5.41, 5.74) is 26.1. The highest BCUT2D eigenvalue weighted by atomic mass is 15.1. The number of nitrogens with zero attached hydrogens (tertiary/aromatic N) is 1. The van der Waals surface area contributed by atoms with E-state index >= 15 is 0 Å². The van der Waals surface area contributed by atoms with Crippen LogP contribution < -0.4 is 4.90 Å². The van der Waals surface area contributed by atoms with Gasteiger partial charge in [0.15, 0.2) is 0 Å². The predicted octanol–water partition coefficient (Wildman–Crippen LogP) is 16.8. The van der Waals surface area contributed by atoms with E-state index in [-0.39, 0.29) is 5.41 Å². The first-order chi connectivity index (χ1) is 32.0.